The van der Waals surface area contributed by atoms with Crippen LogP contribution in [0.25, 0.3) is 0 Å². The fourth-order valence-electron chi connectivity index (χ4n) is 11.4. The van der Waals surface area contributed by atoms with Crippen LogP contribution in [0.3, 0.4) is 0 Å². The average Bonchev–Trinajstić information content (AvgIpc) is 3.22. The van der Waals surface area contributed by atoms with Crippen LogP contribution in [-0.4, -0.2) is 25.9 Å². The van der Waals surface area contributed by atoms with Gasteiger partial charge in [-0.2, -0.15) is 21.6 Å². The lowest BCUT2D eigenvalue weighted by molar-refractivity contribution is -0.135. The summed E-state index contributed by atoms with van der Waals surface area (Å²) < 4.78 is 66.4. The molecular weight excluding hydrogens is 539 g/mol. The molecule has 4 bridgehead atoms. The molecule has 9 heteroatoms. The van der Waals surface area contributed by atoms with Gasteiger partial charge in [0.15, 0.2) is 0 Å². The summed E-state index contributed by atoms with van der Waals surface area (Å²) in [6, 6.07) is 0.366. The van der Waals surface area contributed by atoms with Gasteiger partial charge < -0.3 is 9.50 Å². The number of amides is 1. The third-order valence-corrected chi connectivity index (χ3v) is 14.1. The Morgan fingerprint density at radius 2 is 1.65 bits per heavy atom. The lowest BCUT2D eigenvalue weighted by atomic mass is 9.48. The van der Waals surface area contributed by atoms with Gasteiger partial charge in [-0.25, -0.2) is 0 Å². The molecule has 0 aromatic heterocycles. The highest BCUT2D eigenvalue weighted by Gasteiger charge is 2.60. The summed E-state index contributed by atoms with van der Waals surface area (Å²) in [4.78, 5) is 13.9. The molecule has 1 amide bonds. The summed E-state index contributed by atoms with van der Waals surface area (Å²) in [6.07, 6.45) is 15.7. The van der Waals surface area contributed by atoms with Gasteiger partial charge in [-0.15, -0.1) is 0 Å². The van der Waals surface area contributed by atoms with Crippen molar-refractivity contribution in [1.82, 2.24) is 5.32 Å². The van der Waals surface area contributed by atoms with Crippen molar-refractivity contribution in [2.45, 2.75) is 102 Å². The van der Waals surface area contributed by atoms with Gasteiger partial charge in [0.2, 0.25) is 5.91 Å². The van der Waals surface area contributed by atoms with Gasteiger partial charge in [0.1, 0.15) is 5.76 Å². The van der Waals surface area contributed by atoms with E-state index in [-0.39, 0.29) is 34.8 Å². The van der Waals surface area contributed by atoms with E-state index in [0.717, 1.165) is 49.5 Å². The van der Waals surface area contributed by atoms with Crippen molar-refractivity contribution in [2.75, 3.05) is 0 Å². The molecule has 8 aliphatic rings. The van der Waals surface area contributed by atoms with E-state index < -0.39 is 15.6 Å². The van der Waals surface area contributed by atoms with Crippen LogP contribution in [0, 0.1) is 58.2 Å². The number of alkyl halides is 3. The fourth-order valence-corrected chi connectivity index (χ4v) is 11.9. The zero-order valence-corrected chi connectivity index (χ0v) is 24.3. The molecule has 40 heavy (non-hydrogen) atoms. The molecule has 6 atom stereocenters. The van der Waals surface area contributed by atoms with Gasteiger partial charge >= 0.3 is 15.6 Å². The maximum absolute atomic E-state index is 13.9. The number of fused-ring (bicyclic) bond motifs is 5. The van der Waals surface area contributed by atoms with Gasteiger partial charge in [-0.3, -0.25) is 4.79 Å². The van der Waals surface area contributed by atoms with Crippen LogP contribution >= 0.6 is 0 Å². The number of rotatable bonds is 4. The van der Waals surface area contributed by atoms with Crippen molar-refractivity contribution in [2.24, 2.45) is 58.2 Å². The lowest BCUT2D eigenvalue weighted by Crippen LogP contribution is -2.58. The highest BCUT2D eigenvalue weighted by Crippen LogP contribution is 2.66. The van der Waals surface area contributed by atoms with Gasteiger partial charge in [0.25, 0.3) is 0 Å². The molecule has 222 valence electrons. The molecule has 6 saturated carbocycles. The van der Waals surface area contributed by atoms with Crippen LogP contribution in [0.4, 0.5) is 13.2 Å². The molecule has 0 radical (unpaired) electrons. The molecule has 0 saturated heterocycles. The Hall–Kier alpha value is -1.51. The van der Waals surface area contributed by atoms with Crippen molar-refractivity contribution >= 4 is 16.0 Å². The minimum absolute atomic E-state index is 0.0293. The zero-order chi connectivity index (χ0) is 28.2. The van der Waals surface area contributed by atoms with Crippen LogP contribution in [0.2, 0.25) is 0 Å². The predicted octanol–water partition coefficient (Wildman–Crippen LogP) is 6.87. The monoisotopic (exact) mass is 581 g/mol. The molecule has 0 spiro atoms. The minimum Gasteiger partial charge on any atom is -0.381 e. The Balaban J connectivity index is 1.07. The van der Waals surface area contributed by atoms with Crippen LogP contribution in [0.15, 0.2) is 23.5 Å². The first-order valence-corrected chi connectivity index (χ1v) is 16.9. The van der Waals surface area contributed by atoms with Crippen molar-refractivity contribution in [3.8, 4) is 0 Å². The van der Waals surface area contributed by atoms with Crippen molar-refractivity contribution in [1.29, 1.82) is 0 Å². The highest BCUT2D eigenvalue weighted by atomic mass is 32.2. The number of hydrogen-bond donors (Lipinski definition) is 1. The van der Waals surface area contributed by atoms with E-state index in [1.807, 2.05) is 0 Å². The number of halogens is 3. The topological polar surface area (TPSA) is 72.5 Å². The second-order valence-electron chi connectivity index (χ2n) is 14.9. The maximum atomic E-state index is 13.9. The number of carbonyl (C=O) groups excluding carboxylic acids is 1. The van der Waals surface area contributed by atoms with E-state index in [4.69, 9.17) is 0 Å². The van der Waals surface area contributed by atoms with Crippen molar-refractivity contribution in [3.05, 3.63) is 23.5 Å². The Bertz CT molecular complexity index is 1230. The molecule has 0 aliphatic heterocycles. The molecule has 0 aromatic carbocycles. The van der Waals surface area contributed by atoms with E-state index in [0.29, 0.717) is 42.1 Å². The molecule has 5 nitrogen and oxygen atoms in total. The highest BCUT2D eigenvalue weighted by molar-refractivity contribution is 7.87. The average molecular weight is 582 g/mol. The Kier molecular flexibility index (Phi) is 6.15. The second-order valence-corrected chi connectivity index (χ2v) is 16.5. The van der Waals surface area contributed by atoms with Gasteiger partial charge in [0.05, 0.1) is 0 Å². The van der Waals surface area contributed by atoms with Crippen molar-refractivity contribution in [3.63, 3.8) is 0 Å². The summed E-state index contributed by atoms with van der Waals surface area (Å²) in [5, 5.41) is 3.62. The Morgan fingerprint density at radius 1 is 0.975 bits per heavy atom. The minimum atomic E-state index is -5.66. The summed E-state index contributed by atoms with van der Waals surface area (Å²) in [5.74, 6) is 4.57. The Morgan fingerprint density at radius 3 is 2.30 bits per heavy atom. The van der Waals surface area contributed by atoms with E-state index in [2.05, 4.69) is 29.4 Å². The third-order valence-electron chi connectivity index (χ3n) is 13.1. The third kappa shape index (κ3) is 4.05. The molecule has 6 fully saturated rings. The van der Waals surface area contributed by atoms with Crippen LogP contribution in [-0.2, 0) is 19.1 Å². The van der Waals surface area contributed by atoms with Crippen LogP contribution in [0.1, 0.15) is 90.9 Å². The van der Waals surface area contributed by atoms with Crippen molar-refractivity contribution < 1.29 is 30.6 Å². The van der Waals surface area contributed by atoms with E-state index >= 15 is 0 Å². The zero-order valence-electron chi connectivity index (χ0n) is 23.5. The largest absolute Gasteiger partial charge is 0.534 e. The van der Waals surface area contributed by atoms with Gasteiger partial charge in [-0.05, 0) is 135 Å². The van der Waals surface area contributed by atoms with E-state index in [1.165, 1.54) is 32.1 Å². The molecule has 8 aliphatic carbocycles. The van der Waals surface area contributed by atoms with E-state index in [9.17, 15) is 26.4 Å². The molecule has 8 rings (SSSR count). The lowest BCUT2D eigenvalue weighted by Gasteiger charge is -2.57. The first kappa shape index (κ1) is 27.3. The molecule has 1 N–H and O–H groups in total. The Labute approximate surface area is 235 Å². The fraction of sp³-hybridized carbons (Fsp3) is 0.839. The first-order valence-electron chi connectivity index (χ1n) is 15.5. The summed E-state index contributed by atoms with van der Waals surface area (Å²) >= 11 is 0. The number of hydrogen-bond acceptors (Lipinski definition) is 4. The first-order chi connectivity index (χ1) is 18.8. The van der Waals surface area contributed by atoms with E-state index in [1.54, 1.807) is 6.08 Å². The normalized spacial score (nSPS) is 47.5. The van der Waals surface area contributed by atoms with Gasteiger partial charge in [-0.1, -0.05) is 19.9 Å². The second kappa shape index (κ2) is 9.00. The molecular formula is C31H42F3NO4S. The van der Waals surface area contributed by atoms with Gasteiger partial charge in [0, 0.05) is 18.4 Å². The number of carbonyl (C=O) groups is 1. The predicted molar refractivity (Wildman–Crippen MR) is 144 cm³/mol. The smallest absolute Gasteiger partial charge is 0.381 e. The summed E-state index contributed by atoms with van der Waals surface area (Å²) in [7, 11) is -5.66. The SMILES string of the molecule is C[C@]12CC[C@H]3[C@@H](CC=C4C=C(OS(=O)(=O)C(F)(F)F)CC[C@@]43C)[C@@H]1CC[C@@H]2C(=O)NC1C2CC3CC(C2)CC1C3. The number of allylic oxidation sites excluding steroid dienone is 4. The van der Waals surface area contributed by atoms with Crippen LogP contribution < -0.4 is 5.32 Å². The number of nitrogens with one attached hydrogen (secondary N) is 1. The standard InChI is InChI=1S/C31H42F3NO4S/c1-29-9-7-22(39-40(37,38)31(32,33)34)16-21(29)3-4-23-24-5-6-26(30(24,2)10-8-25(23)29)28(36)35-27-19-12-17-11-18(14-19)15-20(27)13-17/h3,16-20,23-27H,4-15H2,1-2H3,(H,35,36)/t17?,18?,19?,20?,23-,24-,25-,26+,27?,29-,30-/m0/s1. The van der Waals surface area contributed by atoms with Crippen LogP contribution in [0.5, 0.6) is 0 Å². The quantitative estimate of drug-likeness (QED) is 0.291. The molecule has 0 heterocycles. The molecule has 0 unspecified atom stereocenters. The maximum Gasteiger partial charge on any atom is 0.534 e. The summed E-state index contributed by atoms with van der Waals surface area (Å²) in [5.41, 5.74) is -4.78. The summed E-state index contributed by atoms with van der Waals surface area (Å²) in [6.45, 7) is 4.54. The molecule has 0 aromatic rings.